The molecule has 11 unspecified atom stereocenters. The molecule has 0 amide bonds. The van der Waals surface area contributed by atoms with Gasteiger partial charge in [0, 0.05) is 11.8 Å². The monoisotopic (exact) mass is 678 g/mol. The molecule has 2 heterocycles. The molecule has 0 radical (unpaired) electrons. The predicted molar refractivity (Wildman–Crippen MR) is 175 cm³/mol. The fraction of sp³-hybridized carbons (Fsp3) is 0.974. The fourth-order valence-electron chi connectivity index (χ4n) is 13.7. The highest BCUT2D eigenvalue weighted by molar-refractivity contribution is 5.69. The summed E-state index contributed by atoms with van der Waals surface area (Å²) in [5.41, 5.74) is -1.61. The Bertz CT molecular complexity index is 1270. The predicted octanol–water partition coefficient (Wildman–Crippen LogP) is 3.72. The molecule has 0 aromatic rings. The van der Waals surface area contributed by atoms with Crippen molar-refractivity contribution >= 4 is 5.97 Å². The molecule has 0 aromatic carbocycles. The molecule has 5 N–H and O–H groups in total. The number of aliphatic hydroxyl groups is 5. The summed E-state index contributed by atoms with van der Waals surface area (Å²) < 4.78 is 24.8. The molecule has 2 saturated heterocycles. The van der Waals surface area contributed by atoms with Crippen molar-refractivity contribution in [3.63, 3.8) is 0 Å². The van der Waals surface area contributed by atoms with E-state index in [-0.39, 0.29) is 64.0 Å². The van der Waals surface area contributed by atoms with Crippen LogP contribution in [-0.2, 0) is 23.7 Å². The van der Waals surface area contributed by atoms with Crippen LogP contribution in [0.3, 0.4) is 0 Å². The Morgan fingerprint density at radius 1 is 0.958 bits per heavy atom. The Morgan fingerprint density at radius 2 is 1.62 bits per heavy atom. The fourth-order valence-corrected chi connectivity index (χ4v) is 13.7. The van der Waals surface area contributed by atoms with E-state index in [1.807, 2.05) is 0 Å². The summed E-state index contributed by atoms with van der Waals surface area (Å²) in [4.78, 5) is 12.4. The molecule has 48 heavy (non-hydrogen) atoms. The largest absolute Gasteiger partial charge is 0.457 e. The molecule has 5 saturated carbocycles. The van der Waals surface area contributed by atoms with E-state index in [0.717, 1.165) is 38.5 Å². The third-order valence-corrected chi connectivity index (χ3v) is 16.1. The first-order valence-electron chi connectivity index (χ1n) is 18.9. The summed E-state index contributed by atoms with van der Waals surface area (Å²) in [6.07, 6.45) is 0.945. The van der Waals surface area contributed by atoms with Crippen LogP contribution < -0.4 is 0 Å². The normalized spacial score (nSPS) is 54.5. The van der Waals surface area contributed by atoms with E-state index in [4.69, 9.17) is 18.9 Å². The van der Waals surface area contributed by atoms with E-state index in [1.165, 1.54) is 6.42 Å². The lowest BCUT2D eigenvalue weighted by Gasteiger charge is -2.64. The molecule has 0 aromatic heterocycles. The zero-order valence-electron chi connectivity index (χ0n) is 30.4. The number of ether oxygens (including phenoxy) is 4. The summed E-state index contributed by atoms with van der Waals surface area (Å²) in [6, 6.07) is 0. The van der Waals surface area contributed by atoms with Gasteiger partial charge in [-0.2, -0.15) is 0 Å². The smallest absolute Gasteiger partial charge is 0.305 e. The van der Waals surface area contributed by atoms with Crippen LogP contribution >= 0.6 is 0 Å². The van der Waals surface area contributed by atoms with Crippen molar-refractivity contribution in [3.05, 3.63) is 0 Å². The topological polar surface area (TPSA) is 155 Å². The third kappa shape index (κ3) is 4.61. The van der Waals surface area contributed by atoms with Gasteiger partial charge in [-0.25, -0.2) is 0 Å². The first-order chi connectivity index (χ1) is 22.3. The lowest BCUT2D eigenvalue weighted by atomic mass is 9.41. The summed E-state index contributed by atoms with van der Waals surface area (Å²) in [7, 11) is 0. The summed E-state index contributed by atoms with van der Waals surface area (Å²) in [6.45, 7) is 16.6. The zero-order valence-corrected chi connectivity index (χ0v) is 30.4. The van der Waals surface area contributed by atoms with Crippen molar-refractivity contribution in [1.82, 2.24) is 0 Å². The van der Waals surface area contributed by atoms with Gasteiger partial charge in [0.2, 0.25) is 0 Å². The highest BCUT2D eigenvalue weighted by Gasteiger charge is 2.84. The highest BCUT2D eigenvalue weighted by atomic mass is 16.7. The number of aliphatic hydroxyl groups excluding tert-OH is 4. The average Bonchev–Trinajstić information content (AvgIpc) is 3.65. The van der Waals surface area contributed by atoms with Crippen molar-refractivity contribution in [2.75, 3.05) is 6.61 Å². The van der Waals surface area contributed by atoms with Gasteiger partial charge in [0.1, 0.15) is 18.3 Å². The lowest BCUT2D eigenvalue weighted by molar-refractivity contribution is -0.303. The quantitative estimate of drug-likeness (QED) is 0.207. The summed E-state index contributed by atoms with van der Waals surface area (Å²) in [5.74, 6) is 0.804. The molecular weight excluding hydrogens is 616 g/mol. The van der Waals surface area contributed by atoms with Crippen LogP contribution in [-0.4, -0.2) is 98.8 Å². The molecule has 2 aliphatic heterocycles. The molecule has 17 atom stereocenters. The molecule has 7 aliphatic rings. The minimum Gasteiger partial charge on any atom is -0.457 e. The number of rotatable bonds is 6. The number of carbonyl (C=O) groups is 1. The first kappa shape index (κ1) is 35.5. The van der Waals surface area contributed by atoms with Gasteiger partial charge in [-0.05, 0) is 111 Å². The van der Waals surface area contributed by atoms with Gasteiger partial charge in [0.15, 0.2) is 12.4 Å². The zero-order chi connectivity index (χ0) is 35.0. The van der Waals surface area contributed by atoms with Crippen LogP contribution in [0.25, 0.3) is 0 Å². The van der Waals surface area contributed by atoms with E-state index in [9.17, 15) is 30.3 Å². The molecule has 7 rings (SSSR count). The number of hydrogen-bond donors (Lipinski definition) is 5. The van der Waals surface area contributed by atoms with Gasteiger partial charge in [-0.3, -0.25) is 4.79 Å². The third-order valence-electron chi connectivity index (χ3n) is 16.1. The Labute approximate surface area is 286 Å². The second-order valence-corrected chi connectivity index (χ2v) is 18.8. The molecule has 5 aliphatic carbocycles. The number of carbonyl (C=O) groups excluding carboxylic acids is 1. The van der Waals surface area contributed by atoms with Crippen LogP contribution in [0.5, 0.6) is 0 Å². The standard InChI is InChI=1S/C38H62O10/c1-9-25(40)48-31(34(5,6)44)21-16-19(2)26-29(46-21)30(43)36(8)23-11-10-22-33(3,4)24(47-32-28(42)27(41)20(39)17-45-32)12-13-37(22)18-38(23,37)15-14-35(26,36)7/h19-24,26-32,39,41-44H,9-18H2,1-8H3/t19-,20-,21?,22+,23?,24?,26+,27?,28-,29?,30+,31?,32?,35?,36?,37?,38?/m1/s1. The van der Waals surface area contributed by atoms with Crippen LogP contribution in [0.15, 0.2) is 0 Å². The summed E-state index contributed by atoms with van der Waals surface area (Å²) in [5, 5.41) is 54.5. The van der Waals surface area contributed by atoms with E-state index < -0.39 is 54.6 Å². The van der Waals surface area contributed by atoms with Crippen molar-refractivity contribution in [3.8, 4) is 0 Å². The summed E-state index contributed by atoms with van der Waals surface area (Å²) >= 11 is 0. The minimum absolute atomic E-state index is 0.0682. The van der Waals surface area contributed by atoms with Crippen LogP contribution in [0, 0.1) is 50.7 Å². The number of hydrogen-bond acceptors (Lipinski definition) is 10. The minimum atomic E-state index is -1.30. The van der Waals surface area contributed by atoms with Crippen molar-refractivity contribution in [2.45, 2.75) is 174 Å². The van der Waals surface area contributed by atoms with Crippen LogP contribution in [0.4, 0.5) is 0 Å². The molecule has 0 bridgehead atoms. The Hall–Kier alpha value is -0.850. The molecule has 2 spiro atoms. The molecular formula is C38H62O10. The van der Waals surface area contributed by atoms with Gasteiger partial charge >= 0.3 is 5.97 Å². The Morgan fingerprint density at radius 3 is 2.29 bits per heavy atom. The maximum absolute atomic E-state index is 12.6. The van der Waals surface area contributed by atoms with Gasteiger partial charge in [-0.1, -0.05) is 41.5 Å². The van der Waals surface area contributed by atoms with Crippen molar-refractivity contribution in [2.24, 2.45) is 50.7 Å². The Balaban J connectivity index is 1.14. The van der Waals surface area contributed by atoms with Gasteiger partial charge in [-0.15, -0.1) is 0 Å². The highest BCUT2D eigenvalue weighted by Crippen LogP contribution is 2.89. The van der Waals surface area contributed by atoms with Gasteiger partial charge < -0.3 is 44.5 Å². The van der Waals surface area contributed by atoms with Crippen LogP contribution in [0.1, 0.15) is 113 Å². The van der Waals surface area contributed by atoms with Crippen molar-refractivity contribution in [1.29, 1.82) is 0 Å². The number of fused-ring (bicyclic) bond motifs is 4. The van der Waals surface area contributed by atoms with Crippen LogP contribution in [0.2, 0.25) is 0 Å². The molecule has 7 fully saturated rings. The number of esters is 1. The van der Waals surface area contributed by atoms with E-state index in [2.05, 4.69) is 34.6 Å². The molecule has 274 valence electrons. The maximum atomic E-state index is 12.6. The van der Waals surface area contributed by atoms with E-state index >= 15 is 0 Å². The van der Waals surface area contributed by atoms with Gasteiger partial charge in [0.05, 0.1) is 36.6 Å². The molecule has 10 heteroatoms. The van der Waals surface area contributed by atoms with E-state index in [0.29, 0.717) is 18.3 Å². The first-order valence-corrected chi connectivity index (χ1v) is 18.9. The Kier molecular flexibility index (Phi) is 8.39. The van der Waals surface area contributed by atoms with Crippen molar-refractivity contribution < 1.29 is 49.3 Å². The van der Waals surface area contributed by atoms with Gasteiger partial charge in [0.25, 0.3) is 0 Å². The SMILES string of the molecule is CCC(=O)OC(C1C[C@@H](C)[C@H]2C(O1)[C@H](O)C1(C)C3CC[C@H]4C(C)(C)C(OC5OC[C@@H](O)C(O)[C@H]5O)CCC45CC35CCC21C)C(C)(C)O. The second kappa shape index (κ2) is 11.3. The second-order valence-electron chi connectivity index (χ2n) is 18.8. The molecule has 10 nitrogen and oxygen atoms in total. The van der Waals surface area contributed by atoms with E-state index in [1.54, 1.807) is 20.8 Å². The maximum Gasteiger partial charge on any atom is 0.305 e. The lowest BCUT2D eigenvalue weighted by Crippen LogP contribution is -2.61. The average molecular weight is 679 g/mol.